The van der Waals surface area contributed by atoms with Gasteiger partial charge in [0.25, 0.3) is 0 Å². The summed E-state index contributed by atoms with van der Waals surface area (Å²) in [5, 5.41) is 7.18. The largest absolute Gasteiger partial charge is 0.349 e. The highest BCUT2D eigenvalue weighted by Gasteiger charge is 2.61. The highest BCUT2D eigenvalue weighted by Crippen LogP contribution is 2.51. The second-order valence-corrected chi connectivity index (χ2v) is 6.88. The van der Waals surface area contributed by atoms with Gasteiger partial charge in [0.1, 0.15) is 0 Å². The van der Waals surface area contributed by atoms with Gasteiger partial charge < -0.3 is 10.6 Å². The molecule has 2 spiro atoms. The van der Waals surface area contributed by atoms with E-state index >= 15 is 0 Å². The smallest absolute Gasteiger partial charge is 0.228 e. The molecule has 0 aromatic rings. The van der Waals surface area contributed by atoms with Crippen LogP contribution in [-0.2, 0) is 4.79 Å². The molecule has 0 aromatic carbocycles. The van der Waals surface area contributed by atoms with E-state index in [9.17, 15) is 4.79 Å². The summed E-state index contributed by atoms with van der Waals surface area (Å²) in [5.74, 6) is 0.361. The average Bonchev–Trinajstić information content (AvgIpc) is 2.64. The number of carbonyl (C=O) groups is 1. The molecule has 3 fully saturated rings. The fourth-order valence-electron chi connectivity index (χ4n) is 4.97. The Morgan fingerprint density at radius 3 is 2.21 bits per heavy atom. The highest BCUT2D eigenvalue weighted by atomic mass is 16.2. The maximum Gasteiger partial charge on any atom is 0.228 e. The molecular weight excluding hydrogens is 236 g/mol. The van der Waals surface area contributed by atoms with E-state index in [4.69, 9.17) is 0 Å². The zero-order valence-corrected chi connectivity index (χ0v) is 12.3. The lowest BCUT2D eigenvalue weighted by molar-refractivity contribution is -0.130. The molecule has 1 aliphatic heterocycles. The van der Waals surface area contributed by atoms with Gasteiger partial charge in [-0.15, -0.1) is 0 Å². The van der Waals surface area contributed by atoms with Crippen molar-refractivity contribution in [2.75, 3.05) is 6.54 Å². The number of likely N-dealkylation sites (N-methyl/N-ethyl adjacent to an activating group) is 1. The van der Waals surface area contributed by atoms with Crippen LogP contribution < -0.4 is 10.6 Å². The summed E-state index contributed by atoms with van der Waals surface area (Å²) >= 11 is 0. The molecule has 1 amide bonds. The fraction of sp³-hybridized carbons (Fsp3) is 0.938. The molecule has 2 saturated carbocycles. The first-order chi connectivity index (χ1) is 9.23. The van der Waals surface area contributed by atoms with Gasteiger partial charge in [-0.2, -0.15) is 0 Å². The second-order valence-electron chi connectivity index (χ2n) is 6.88. The summed E-state index contributed by atoms with van der Waals surface area (Å²) < 4.78 is 0. The number of rotatable bonds is 2. The maximum atomic E-state index is 12.8. The van der Waals surface area contributed by atoms with E-state index in [1.165, 1.54) is 51.4 Å². The van der Waals surface area contributed by atoms with Crippen molar-refractivity contribution in [3.05, 3.63) is 0 Å². The van der Waals surface area contributed by atoms with Gasteiger partial charge in [0.2, 0.25) is 5.91 Å². The summed E-state index contributed by atoms with van der Waals surface area (Å²) in [6.07, 6.45) is 12.2. The van der Waals surface area contributed by atoms with Gasteiger partial charge in [0.05, 0.1) is 11.0 Å². The SMILES string of the molecule is CCNC1C2(CCCCC2)NC(=O)C12CCCCC2. The molecule has 108 valence electrons. The summed E-state index contributed by atoms with van der Waals surface area (Å²) in [7, 11) is 0. The van der Waals surface area contributed by atoms with Crippen LogP contribution in [0.1, 0.15) is 71.1 Å². The van der Waals surface area contributed by atoms with Gasteiger partial charge in [0.15, 0.2) is 0 Å². The monoisotopic (exact) mass is 264 g/mol. The van der Waals surface area contributed by atoms with Crippen LogP contribution in [-0.4, -0.2) is 24.0 Å². The van der Waals surface area contributed by atoms with Crippen LogP contribution in [0.2, 0.25) is 0 Å². The summed E-state index contributed by atoms with van der Waals surface area (Å²) in [6, 6.07) is 0.373. The molecular formula is C16H28N2O. The standard InChI is InChI=1S/C16H28N2O/c1-2-17-13-15(9-5-3-6-10-15)14(19)18-16(13)11-7-4-8-12-16/h13,17H,2-12H2,1H3,(H,18,19). The Hall–Kier alpha value is -0.570. The molecule has 1 saturated heterocycles. The first-order valence-corrected chi connectivity index (χ1v) is 8.30. The molecule has 1 heterocycles. The molecule has 3 nitrogen and oxygen atoms in total. The first kappa shape index (κ1) is 13.4. The molecule has 3 heteroatoms. The van der Waals surface area contributed by atoms with Crippen molar-refractivity contribution in [3.63, 3.8) is 0 Å². The van der Waals surface area contributed by atoms with Crippen LogP contribution in [0.3, 0.4) is 0 Å². The third-order valence-corrected chi connectivity index (χ3v) is 5.82. The van der Waals surface area contributed by atoms with Crippen molar-refractivity contribution in [3.8, 4) is 0 Å². The molecule has 3 rings (SSSR count). The third-order valence-electron chi connectivity index (χ3n) is 5.82. The van der Waals surface area contributed by atoms with Crippen molar-refractivity contribution >= 4 is 5.91 Å². The molecule has 19 heavy (non-hydrogen) atoms. The van der Waals surface area contributed by atoms with Gasteiger partial charge in [0, 0.05) is 6.04 Å². The van der Waals surface area contributed by atoms with Crippen molar-refractivity contribution in [1.29, 1.82) is 0 Å². The molecule has 3 aliphatic rings. The lowest BCUT2D eigenvalue weighted by atomic mass is 9.63. The van der Waals surface area contributed by atoms with E-state index in [2.05, 4.69) is 17.6 Å². The van der Waals surface area contributed by atoms with Crippen LogP contribution in [0.25, 0.3) is 0 Å². The van der Waals surface area contributed by atoms with Gasteiger partial charge in [-0.1, -0.05) is 45.4 Å². The number of hydrogen-bond donors (Lipinski definition) is 2. The van der Waals surface area contributed by atoms with E-state index < -0.39 is 0 Å². The van der Waals surface area contributed by atoms with Crippen LogP contribution in [0.15, 0.2) is 0 Å². The van der Waals surface area contributed by atoms with E-state index in [0.29, 0.717) is 11.9 Å². The molecule has 1 unspecified atom stereocenters. The predicted molar refractivity (Wildman–Crippen MR) is 76.9 cm³/mol. The number of hydrogen-bond acceptors (Lipinski definition) is 2. The summed E-state index contributed by atoms with van der Waals surface area (Å²) in [6.45, 7) is 3.15. The Balaban J connectivity index is 1.92. The summed E-state index contributed by atoms with van der Waals surface area (Å²) in [4.78, 5) is 12.8. The first-order valence-electron chi connectivity index (χ1n) is 8.30. The molecule has 0 aromatic heterocycles. The quantitative estimate of drug-likeness (QED) is 0.805. The van der Waals surface area contributed by atoms with Gasteiger partial charge in [-0.3, -0.25) is 4.79 Å². The lowest BCUT2D eigenvalue weighted by Crippen LogP contribution is -2.58. The molecule has 2 aliphatic carbocycles. The van der Waals surface area contributed by atoms with Crippen molar-refractivity contribution in [2.45, 2.75) is 82.7 Å². The second kappa shape index (κ2) is 5.08. The van der Waals surface area contributed by atoms with Crippen LogP contribution in [0.4, 0.5) is 0 Å². The molecule has 1 atom stereocenters. The van der Waals surface area contributed by atoms with Gasteiger partial charge in [-0.05, 0) is 32.2 Å². The van der Waals surface area contributed by atoms with E-state index in [1.807, 2.05) is 0 Å². The van der Waals surface area contributed by atoms with Crippen molar-refractivity contribution in [2.24, 2.45) is 5.41 Å². The van der Waals surface area contributed by atoms with Crippen LogP contribution in [0, 0.1) is 5.41 Å². The number of carbonyl (C=O) groups excluding carboxylic acids is 1. The minimum Gasteiger partial charge on any atom is -0.349 e. The maximum absolute atomic E-state index is 12.8. The van der Waals surface area contributed by atoms with E-state index in [0.717, 1.165) is 19.4 Å². The normalized spacial score (nSPS) is 32.7. The molecule has 0 radical (unpaired) electrons. The van der Waals surface area contributed by atoms with Gasteiger partial charge >= 0.3 is 0 Å². The zero-order chi connectivity index (χ0) is 13.3. The predicted octanol–water partition coefficient (Wildman–Crippen LogP) is 2.75. The Morgan fingerprint density at radius 1 is 1.05 bits per heavy atom. The zero-order valence-electron chi connectivity index (χ0n) is 12.3. The minimum absolute atomic E-state index is 0.0721. The number of amides is 1. The van der Waals surface area contributed by atoms with Crippen LogP contribution >= 0.6 is 0 Å². The third kappa shape index (κ3) is 2.01. The lowest BCUT2D eigenvalue weighted by Gasteiger charge is -2.44. The fourth-order valence-corrected chi connectivity index (χ4v) is 4.97. The number of nitrogens with one attached hydrogen (secondary N) is 2. The highest BCUT2D eigenvalue weighted by molar-refractivity contribution is 5.88. The Labute approximate surface area is 116 Å². The Kier molecular flexibility index (Phi) is 3.59. The minimum atomic E-state index is -0.0917. The van der Waals surface area contributed by atoms with E-state index in [1.54, 1.807) is 0 Å². The Bertz CT molecular complexity index is 341. The Morgan fingerprint density at radius 2 is 1.63 bits per heavy atom. The topological polar surface area (TPSA) is 41.1 Å². The van der Waals surface area contributed by atoms with Crippen molar-refractivity contribution in [1.82, 2.24) is 10.6 Å². The molecule has 2 N–H and O–H groups in total. The summed E-state index contributed by atoms with van der Waals surface area (Å²) in [5.41, 5.74) is -0.0196. The van der Waals surface area contributed by atoms with Crippen LogP contribution in [0.5, 0.6) is 0 Å². The van der Waals surface area contributed by atoms with Crippen molar-refractivity contribution < 1.29 is 4.79 Å². The molecule has 0 bridgehead atoms. The van der Waals surface area contributed by atoms with E-state index in [-0.39, 0.29) is 11.0 Å². The van der Waals surface area contributed by atoms with Gasteiger partial charge in [-0.25, -0.2) is 0 Å². The average molecular weight is 264 g/mol.